The van der Waals surface area contributed by atoms with E-state index in [0.717, 1.165) is 17.7 Å². The largest absolute Gasteiger partial charge is 0.463 e. The fourth-order valence-corrected chi connectivity index (χ4v) is 6.15. The number of alkyl halides is 2. The molecule has 3 N–H and O–H groups in total. The number of hydrogen-bond acceptors (Lipinski definition) is 6. The van der Waals surface area contributed by atoms with Crippen LogP contribution in [0.3, 0.4) is 0 Å². The molecule has 1 aliphatic carbocycles. The molecule has 1 aliphatic heterocycles. The molecule has 2 aliphatic rings. The highest BCUT2D eigenvalue weighted by molar-refractivity contribution is 6.34. The third kappa shape index (κ3) is 8.99. The van der Waals surface area contributed by atoms with E-state index in [9.17, 15) is 28.3 Å². The average Bonchev–Trinajstić information content (AvgIpc) is 3.66. The number of hydrogen-bond donors (Lipinski definition) is 3. The van der Waals surface area contributed by atoms with Crippen LogP contribution in [0, 0.1) is 5.41 Å². The van der Waals surface area contributed by atoms with E-state index in [1.165, 1.54) is 30.6 Å². The van der Waals surface area contributed by atoms with Crippen molar-refractivity contribution in [1.82, 2.24) is 30.2 Å². The van der Waals surface area contributed by atoms with Crippen LogP contribution in [0.15, 0.2) is 64.8 Å². The normalized spacial score (nSPS) is 19.0. The van der Waals surface area contributed by atoms with E-state index in [1.807, 2.05) is 20.8 Å². The number of amides is 4. The minimum atomic E-state index is -2.82. The molecule has 53 heavy (non-hydrogen) atoms. The monoisotopic (exact) mass is 754 g/mol. The number of carbonyl (C=O) groups excluding carboxylic acids is 3. The van der Waals surface area contributed by atoms with Gasteiger partial charge in [0.05, 0.1) is 22.8 Å². The summed E-state index contributed by atoms with van der Waals surface area (Å²) in [7, 11) is 3.44. The Morgan fingerprint density at radius 3 is 2.40 bits per heavy atom. The molecule has 4 amide bonds. The number of carbonyl (C=O) groups is 4. The molecule has 0 radical (unpaired) electrons. The van der Waals surface area contributed by atoms with Crippen molar-refractivity contribution in [3.05, 3.63) is 76.6 Å². The lowest BCUT2D eigenvalue weighted by Gasteiger charge is -2.35. The highest BCUT2D eigenvalue weighted by Crippen LogP contribution is 2.43. The second-order valence-electron chi connectivity index (χ2n) is 14.4. The van der Waals surface area contributed by atoms with Gasteiger partial charge in [0.15, 0.2) is 0 Å². The minimum Gasteiger partial charge on any atom is -0.463 e. The first-order valence-corrected chi connectivity index (χ1v) is 17.1. The van der Waals surface area contributed by atoms with Crippen LogP contribution in [0.25, 0.3) is 11.1 Å². The molecule has 282 valence electrons. The number of guanidine groups is 1. The molecule has 2 heterocycles. The number of amidine groups is 1. The quantitative estimate of drug-likeness (QED) is 0.156. The van der Waals surface area contributed by atoms with Gasteiger partial charge in [-0.15, -0.1) is 4.99 Å². The Morgan fingerprint density at radius 2 is 1.83 bits per heavy atom. The third-order valence-corrected chi connectivity index (χ3v) is 9.08. The molecule has 1 saturated heterocycles. The summed E-state index contributed by atoms with van der Waals surface area (Å²) in [5.74, 6) is -1.22. The summed E-state index contributed by atoms with van der Waals surface area (Å²) in [4.78, 5) is 64.1. The molecule has 0 spiro atoms. The van der Waals surface area contributed by atoms with Gasteiger partial charge in [-0.3, -0.25) is 14.5 Å². The van der Waals surface area contributed by atoms with Crippen LogP contribution in [-0.4, -0.2) is 87.2 Å². The van der Waals surface area contributed by atoms with Crippen molar-refractivity contribution in [1.29, 1.82) is 0 Å². The van der Waals surface area contributed by atoms with Crippen molar-refractivity contribution in [2.24, 2.45) is 15.4 Å². The van der Waals surface area contributed by atoms with Crippen LogP contribution in [0.4, 0.5) is 18.4 Å². The van der Waals surface area contributed by atoms with E-state index in [4.69, 9.17) is 16.3 Å². The summed E-state index contributed by atoms with van der Waals surface area (Å²) in [5.41, 5.74) is -0.474. The summed E-state index contributed by atoms with van der Waals surface area (Å²) in [6, 6.07) is 9.75. The minimum absolute atomic E-state index is 0.000773. The zero-order chi connectivity index (χ0) is 38.8. The number of halogens is 3. The highest BCUT2D eigenvalue weighted by Gasteiger charge is 2.55. The molecule has 0 unspecified atom stereocenters. The molecule has 1 aromatic heterocycles. The van der Waals surface area contributed by atoms with Gasteiger partial charge >= 0.3 is 18.7 Å². The van der Waals surface area contributed by atoms with Gasteiger partial charge in [-0.25, -0.2) is 14.3 Å². The van der Waals surface area contributed by atoms with Crippen molar-refractivity contribution < 1.29 is 37.8 Å². The van der Waals surface area contributed by atoms with E-state index < -0.39 is 54.2 Å². The fourth-order valence-electron chi connectivity index (χ4n) is 5.95. The Hall–Kier alpha value is -5.38. The van der Waals surface area contributed by atoms with E-state index in [1.54, 1.807) is 50.2 Å². The number of aromatic nitrogens is 2. The SMILES string of the molecule is C/C(=N/C(=O)c1cc([C@@H](COC(=O)NC2CC2)N2C(=O)[C@@](CC(C)(C)C)(c3ccc(-c4cnn(C(F)F)c4)cc3)N/C2=N\C(=O)O)ccc1Cl)N(C)C. The Labute approximate surface area is 309 Å². The first kappa shape index (κ1) is 38.8. The second-order valence-corrected chi connectivity index (χ2v) is 14.8. The van der Waals surface area contributed by atoms with Crippen molar-refractivity contribution in [2.75, 3.05) is 20.7 Å². The Morgan fingerprint density at radius 1 is 1.15 bits per heavy atom. The summed E-state index contributed by atoms with van der Waals surface area (Å²) < 4.78 is 32.6. The van der Waals surface area contributed by atoms with Crippen LogP contribution in [0.1, 0.15) is 81.0 Å². The van der Waals surface area contributed by atoms with Gasteiger partial charge in [0.1, 0.15) is 18.0 Å². The molecule has 3 aromatic rings. The lowest BCUT2D eigenvalue weighted by atomic mass is 9.75. The van der Waals surface area contributed by atoms with E-state index in [2.05, 4.69) is 25.7 Å². The molecule has 17 heteroatoms. The Kier molecular flexibility index (Phi) is 11.2. The molecule has 14 nitrogen and oxygen atoms in total. The van der Waals surface area contributed by atoms with Crippen molar-refractivity contribution in [3.63, 3.8) is 0 Å². The summed E-state index contributed by atoms with van der Waals surface area (Å²) in [6.07, 6.45) is 1.88. The second kappa shape index (κ2) is 15.3. The van der Waals surface area contributed by atoms with Gasteiger partial charge in [0.25, 0.3) is 11.8 Å². The van der Waals surface area contributed by atoms with E-state index in [-0.39, 0.29) is 34.6 Å². The number of aliphatic imine (C=N–C) groups is 2. The Bertz CT molecular complexity index is 1950. The number of carboxylic acid groups (broad SMARTS) is 1. The molecule has 1 saturated carbocycles. The number of nitrogens with one attached hydrogen (secondary N) is 2. The first-order chi connectivity index (χ1) is 24.9. The van der Waals surface area contributed by atoms with Gasteiger partial charge in [-0.1, -0.05) is 62.7 Å². The maximum atomic E-state index is 15.1. The zero-order valence-corrected chi connectivity index (χ0v) is 30.8. The number of nitrogens with zero attached hydrogens (tertiary/aromatic N) is 6. The van der Waals surface area contributed by atoms with Crippen molar-refractivity contribution in [2.45, 2.75) is 71.1 Å². The average molecular weight is 755 g/mol. The fraction of sp³-hybridized carbons (Fsp3) is 0.417. The molecular weight excluding hydrogens is 714 g/mol. The lowest BCUT2D eigenvalue weighted by molar-refractivity contribution is -0.134. The van der Waals surface area contributed by atoms with Gasteiger partial charge in [0.2, 0.25) is 5.96 Å². The van der Waals surface area contributed by atoms with Crippen LogP contribution in [0.2, 0.25) is 5.02 Å². The summed E-state index contributed by atoms with van der Waals surface area (Å²) in [5, 5.41) is 19.5. The van der Waals surface area contributed by atoms with Crippen molar-refractivity contribution in [3.8, 4) is 11.1 Å². The maximum Gasteiger partial charge on any atom is 0.434 e. The third-order valence-electron chi connectivity index (χ3n) is 8.75. The summed E-state index contributed by atoms with van der Waals surface area (Å²) >= 11 is 6.47. The zero-order valence-electron chi connectivity index (χ0n) is 30.1. The molecule has 5 rings (SSSR count). The van der Waals surface area contributed by atoms with E-state index in [0.29, 0.717) is 27.2 Å². The predicted molar refractivity (Wildman–Crippen MR) is 193 cm³/mol. The Balaban J connectivity index is 1.63. The van der Waals surface area contributed by atoms with Crippen LogP contribution >= 0.6 is 11.6 Å². The number of alkyl carbamates (subject to hydrolysis) is 1. The van der Waals surface area contributed by atoms with Gasteiger partial charge in [-0.05, 0) is 60.4 Å². The standard InChI is InChI=1S/C36H41ClF2N8O6/c1-20(45(5)6)41-29(48)26-15-22(9-14-27(26)37)28(18-53-34(52)42-25-12-13-25)47-30(49)36(19-35(2,3)4,44-32(47)43-33(50)51)24-10-7-21(8-11-24)23-16-40-46(17-23)31(38)39/h7-11,14-17,25,28,31H,12-13,18-19H2,1-6H3,(H,42,52)(H,43,44)(H,50,51)/b41-20-/t28-,36-/m1/s1. The van der Waals surface area contributed by atoms with Gasteiger partial charge in [0, 0.05) is 31.9 Å². The molecule has 2 fully saturated rings. The molecule has 2 aromatic carbocycles. The number of ether oxygens (including phenoxy) is 1. The molecule has 2 atom stereocenters. The number of rotatable bonds is 10. The van der Waals surface area contributed by atoms with E-state index >= 15 is 4.79 Å². The molecular formula is C36H41ClF2N8O6. The summed E-state index contributed by atoms with van der Waals surface area (Å²) in [6.45, 7) is 4.08. The van der Waals surface area contributed by atoms with Crippen LogP contribution in [-0.2, 0) is 15.1 Å². The highest BCUT2D eigenvalue weighted by atomic mass is 35.5. The molecule has 0 bridgehead atoms. The lowest BCUT2D eigenvalue weighted by Crippen LogP contribution is -2.47. The van der Waals surface area contributed by atoms with Gasteiger partial charge < -0.3 is 25.4 Å². The predicted octanol–water partition coefficient (Wildman–Crippen LogP) is 6.45. The number of benzene rings is 2. The smallest absolute Gasteiger partial charge is 0.434 e. The van der Waals surface area contributed by atoms with Crippen molar-refractivity contribution >= 4 is 47.4 Å². The first-order valence-electron chi connectivity index (χ1n) is 16.7. The van der Waals surface area contributed by atoms with Crippen LogP contribution in [0.5, 0.6) is 0 Å². The topological polar surface area (TPSA) is 171 Å². The van der Waals surface area contributed by atoms with Crippen LogP contribution < -0.4 is 10.6 Å². The van der Waals surface area contributed by atoms with Gasteiger partial charge in [-0.2, -0.15) is 18.9 Å². The maximum absolute atomic E-state index is 15.1.